The van der Waals surface area contributed by atoms with E-state index < -0.39 is 28.2 Å². The van der Waals surface area contributed by atoms with Gasteiger partial charge in [0.1, 0.15) is 6.61 Å². The van der Waals surface area contributed by atoms with Crippen LogP contribution in [0.1, 0.15) is 25.3 Å². The third-order valence-electron chi connectivity index (χ3n) is 4.89. The number of sulfonamides is 1. The first-order valence-electron chi connectivity index (χ1n) is 9.07. The first-order valence-corrected chi connectivity index (χ1v) is 10.7. The molecule has 1 N–H and O–H groups in total. The van der Waals surface area contributed by atoms with E-state index >= 15 is 0 Å². The number of hydrogen-bond donors (Lipinski definition) is 1. The van der Waals surface area contributed by atoms with Gasteiger partial charge in [0.25, 0.3) is 0 Å². The van der Waals surface area contributed by atoms with Crippen LogP contribution < -0.4 is 5.32 Å². The summed E-state index contributed by atoms with van der Waals surface area (Å²) < 4.78 is 66.5. The summed E-state index contributed by atoms with van der Waals surface area (Å²) in [6.07, 6.45) is -3.82. The van der Waals surface area contributed by atoms with Crippen molar-refractivity contribution in [3.8, 4) is 0 Å². The number of halogens is 3. The van der Waals surface area contributed by atoms with Crippen LogP contribution in [0.2, 0.25) is 0 Å². The van der Waals surface area contributed by atoms with Crippen LogP contribution >= 0.6 is 0 Å². The number of alkyl halides is 3. The van der Waals surface area contributed by atoms with Gasteiger partial charge in [-0.15, -0.1) is 0 Å². The SMILES string of the molecule is CCS(=O)(=O)N1CCC(C(=O)NCCOCC(F)(F)F)(c2ccccc2)CC1. The first kappa shape index (κ1) is 22.6. The van der Waals surface area contributed by atoms with E-state index in [2.05, 4.69) is 10.1 Å². The molecule has 1 aromatic rings. The summed E-state index contributed by atoms with van der Waals surface area (Å²) in [7, 11) is -3.34. The topological polar surface area (TPSA) is 75.7 Å². The number of nitrogens with one attached hydrogen (secondary N) is 1. The average Bonchev–Trinajstić information content (AvgIpc) is 2.67. The van der Waals surface area contributed by atoms with E-state index in [4.69, 9.17) is 0 Å². The maximum absolute atomic E-state index is 12.9. The van der Waals surface area contributed by atoms with Gasteiger partial charge in [0, 0.05) is 19.6 Å². The van der Waals surface area contributed by atoms with Gasteiger partial charge in [-0.2, -0.15) is 13.2 Å². The molecule has 1 aliphatic rings. The normalized spacial score (nSPS) is 18.0. The van der Waals surface area contributed by atoms with Crippen molar-refractivity contribution in [2.75, 3.05) is 38.6 Å². The lowest BCUT2D eigenvalue weighted by Crippen LogP contribution is -2.53. The predicted octanol–water partition coefficient (Wildman–Crippen LogP) is 2.06. The zero-order valence-electron chi connectivity index (χ0n) is 15.7. The van der Waals surface area contributed by atoms with Gasteiger partial charge in [0.15, 0.2) is 0 Å². The number of ether oxygens (including phenoxy) is 1. The molecular weight excluding hydrogens is 397 g/mol. The Bertz CT molecular complexity index is 746. The van der Waals surface area contributed by atoms with Gasteiger partial charge in [-0.25, -0.2) is 12.7 Å². The van der Waals surface area contributed by atoms with Crippen LogP contribution in [0.5, 0.6) is 0 Å². The summed E-state index contributed by atoms with van der Waals surface area (Å²) in [5.74, 6) is -0.337. The standard InChI is InChI=1S/C18H25F3N2O4S/c1-2-28(25,26)23-11-8-17(9-12-23,15-6-4-3-5-7-15)16(24)22-10-13-27-14-18(19,20)21/h3-7H,2,8-14H2,1H3,(H,22,24). The van der Waals surface area contributed by atoms with E-state index in [1.165, 1.54) is 4.31 Å². The number of carbonyl (C=O) groups excluding carboxylic acids is 1. The number of carbonyl (C=O) groups is 1. The molecule has 0 radical (unpaired) electrons. The first-order chi connectivity index (χ1) is 13.1. The van der Waals surface area contributed by atoms with Gasteiger partial charge in [-0.05, 0) is 25.3 Å². The highest BCUT2D eigenvalue weighted by molar-refractivity contribution is 7.89. The van der Waals surface area contributed by atoms with E-state index in [-0.39, 0.29) is 37.9 Å². The van der Waals surface area contributed by atoms with Crippen LogP contribution in [0, 0.1) is 0 Å². The molecule has 0 unspecified atom stereocenters. The molecule has 0 bridgehead atoms. The maximum atomic E-state index is 12.9. The Morgan fingerprint density at radius 2 is 1.82 bits per heavy atom. The van der Waals surface area contributed by atoms with Gasteiger partial charge < -0.3 is 10.1 Å². The molecule has 1 aliphatic heterocycles. The number of nitrogens with zero attached hydrogens (tertiary/aromatic N) is 1. The largest absolute Gasteiger partial charge is 0.411 e. The molecular formula is C18H25F3N2O4S. The van der Waals surface area contributed by atoms with Gasteiger partial charge in [0.05, 0.1) is 17.8 Å². The number of amides is 1. The fourth-order valence-corrected chi connectivity index (χ4v) is 4.43. The number of hydrogen-bond acceptors (Lipinski definition) is 4. The Balaban J connectivity index is 2.06. The van der Waals surface area contributed by atoms with E-state index in [1.54, 1.807) is 19.1 Å². The molecule has 1 aromatic carbocycles. The second-order valence-electron chi connectivity index (χ2n) is 6.67. The Hall–Kier alpha value is -1.65. The molecule has 1 heterocycles. The van der Waals surface area contributed by atoms with Crippen molar-refractivity contribution in [2.45, 2.75) is 31.4 Å². The highest BCUT2D eigenvalue weighted by Gasteiger charge is 2.44. The number of piperidine rings is 1. The lowest BCUT2D eigenvalue weighted by molar-refractivity contribution is -0.173. The third kappa shape index (κ3) is 5.68. The van der Waals surface area contributed by atoms with Gasteiger partial charge in [-0.1, -0.05) is 30.3 Å². The van der Waals surface area contributed by atoms with Crippen LogP contribution in [0.25, 0.3) is 0 Å². The van der Waals surface area contributed by atoms with Crippen molar-refractivity contribution in [1.82, 2.24) is 9.62 Å². The van der Waals surface area contributed by atoms with Gasteiger partial charge >= 0.3 is 6.18 Å². The minimum absolute atomic E-state index is 0.00588. The molecule has 0 aromatic heterocycles. The van der Waals surface area contributed by atoms with E-state index in [0.29, 0.717) is 12.8 Å². The smallest absolute Gasteiger partial charge is 0.370 e. The predicted molar refractivity (Wildman–Crippen MR) is 98.3 cm³/mol. The highest BCUT2D eigenvalue weighted by atomic mass is 32.2. The molecule has 6 nitrogen and oxygen atoms in total. The average molecular weight is 422 g/mol. The van der Waals surface area contributed by atoms with Crippen molar-refractivity contribution in [3.63, 3.8) is 0 Å². The minimum Gasteiger partial charge on any atom is -0.370 e. The van der Waals surface area contributed by atoms with Crippen molar-refractivity contribution in [2.24, 2.45) is 0 Å². The summed E-state index contributed by atoms with van der Waals surface area (Å²) in [6, 6.07) is 9.03. The molecule has 0 spiro atoms. The molecule has 2 rings (SSSR count). The molecule has 28 heavy (non-hydrogen) atoms. The molecule has 0 saturated carbocycles. The summed E-state index contributed by atoms with van der Waals surface area (Å²) in [6.45, 7) is 0.317. The number of rotatable bonds is 8. The summed E-state index contributed by atoms with van der Waals surface area (Å²) >= 11 is 0. The summed E-state index contributed by atoms with van der Waals surface area (Å²) in [4.78, 5) is 12.9. The number of benzene rings is 1. The van der Waals surface area contributed by atoms with Crippen molar-refractivity contribution >= 4 is 15.9 Å². The monoisotopic (exact) mass is 422 g/mol. The molecule has 10 heteroatoms. The third-order valence-corrected chi connectivity index (χ3v) is 6.77. The second kappa shape index (κ2) is 9.23. The molecule has 0 atom stereocenters. The summed E-state index contributed by atoms with van der Waals surface area (Å²) in [5, 5.41) is 2.65. The minimum atomic E-state index is -4.41. The van der Waals surface area contributed by atoms with Gasteiger partial charge in [0.2, 0.25) is 15.9 Å². The Labute approximate surface area is 163 Å². The molecule has 1 fully saturated rings. The molecule has 158 valence electrons. The molecule has 0 aliphatic carbocycles. The van der Waals surface area contributed by atoms with E-state index in [0.717, 1.165) is 5.56 Å². The second-order valence-corrected chi connectivity index (χ2v) is 8.93. The molecule has 1 amide bonds. The Kier molecular flexibility index (Phi) is 7.46. The van der Waals surface area contributed by atoms with Gasteiger partial charge in [-0.3, -0.25) is 4.79 Å². The van der Waals surface area contributed by atoms with E-state index in [9.17, 15) is 26.4 Å². The van der Waals surface area contributed by atoms with Crippen molar-refractivity contribution in [1.29, 1.82) is 0 Å². The van der Waals surface area contributed by atoms with Crippen molar-refractivity contribution in [3.05, 3.63) is 35.9 Å². The van der Waals surface area contributed by atoms with E-state index in [1.807, 2.05) is 18.2 Å². The lowest BCUT2D eigenvalue weighted by atomic mass is 9.72. The Morgan fingerprint density at radius 3 is 2.36 bits per heavy atom. The van der Waals surface area contributed by atoms with Crippen LogP contribution in [0.15, 0.2) is 30.3 Å². The summed E-state index contributed by atoms with van der Waals surface area (Å²) in [5.41, 5.74) is -0.164. The lowest BCUT2D eigenvalue weighted by Gasteiger charge is -2.40. The quantitative estimate of drug-likeness (QED) is 0.651. The zero-order valence-corrected chi connectivity index (χ0v) is 16.5. The fourth-order valence-electron chi connectivity index (χ4n) is 3.33. The highest BCUT2D eigenvalue weighted by Crippen LogP contribution is 2.36. The van der Waals surface area contributed by atoms with Crippen LogP contribution in [0.4, 0.5) is 13.2 Å². The van der Waals surface area contributed by atoms with Crippen LogP contribution in [-0.2, 0) is 25.0 Å². The maximum Gasteiger partial charge on any atom is 0.411 e. The van der Waals surface area contributed by atoms with Crippen molar-refractivity contribution < 1.29 is 31.1 Å². The van der Waals surface area contributed by atoms with Crippen LogP contribution in [0.3, 0.4) is 0 Å². The molecule has 1 saturated heterocycles. The fraction of sp³-hybridized carbons (Fsp3) is 0.611. The Morgan fingerprint density at radius 1 is 1.21 bits per heavy atom. The van der Waals surface area contributed by atoms with Crippen LogP contribution in [-0.4, -0.2) is 63.4 Å². The zero-order chi connectivity index (χ0) is 20.8.